The third-order valence-corrected chi connectivity index (χ3v) is 5.62. The second kappa shape index (κ2) is 9.92. The Bertz CT molecular complexity index is 791. The van der Waals surface area contributed by atoms with Crippen molar-refractivity contribution in [3.63, 3.8) is 0 Å². The normalized spacial score (nSPS) is 19.2. The minimum atomic E-state index is 0.191. The number of methoxy groups -OCH3 is 1. The number of rotatable bonds is 7. The molecule has 1 aliphatic heterocycles. The molecule has 150 valence electrons. The van der Waals surface area contributed by atoms with Crippen LogP contribution in [0.3, 0.4) is 0 Å². The molecule has 0 bridgehead atoms. The maximum atomic E-state index is 12.6. The quantitative estimate of drug-likeness (QED) is 0.697. The zero-order chi connectivity index (χ0) is 19.9. The highest BCUT2D eigenvalue weighted by Crippen LogP contribution is 2.13. The van der Waals surface area contributed by atoms with E-state index in [1.807, 2.05) is 54.4 Å². The van der Waals surface area contributed by atoms with Crippen LogP contribution in [-0.4, -0.2) is 57.7 Å². The Kier molecular flexibility index (Phi) is 7.31. The highest BCUT2D eigenvalue weighted by atomic mass is 35.5. The number of quaternary nitrogens is 2. The first-order valence-electron chi connectivity index (χ1n) is 9.82. The van der Waals surface area contributed by atoms with E-state index in [0.29, 0.717) is 13.1 Å². The molecule has 5 nitrogen and oxygen atoms in total. The van der Waals surface area contributed by atoms with Gasteiger partial charge in [0, 0.05) is 24.2 Å². The fourth-order valence-electron chi connectivity index (χ4n) is 3.73. The number of carbonyl (C=O) groups is 1. The standard InChI is InChI=1S/C22H28ClN3O2/c1-24(15-19-6-4-8-21(14-19)28-2)22(27)17-26-11-9-25(10-12-26)16-18-5-3-7-20(23)13-18/h3-8,13-14H,9-12,15-17H2,1-2H3/p+2. The number of likely N-dealkylation sites (N-methyl/N-ethyl adjacent to an activating group) is 1. The van der Waals surface area contributed by atoms with E-state index in [0.717, 1.165) is 49.1 Å². The fourth-order valence-corrected chi connectivity index (χ4v) is 3.94. The van der Waals surface area contributed by atoms with Gasteiger partial charge in [-0.2, -0.15) is 0 Å². The van der Waals surface area contributed by atoms with Crippen molar-refractivity contribution in [2.75, 3.05) is 46.9 Å². The number of carbonyl (C=O) groups excluding carboxylic acids is 1. The summed E-state index contributed by atoms with van der Waals surface area (Å²) in [4.78, 5) is 17.4. The number of nitrogens with one attached hydrogen (secondary N) is 2. The summed E-state index contributed by atoms with van der Waals surface area (Å²) >= 11 is 6.09. The van der Waals surface area contributed by atoms with Crippen LogP contribution in [0.1, 0.15) is 11.1 Å². The highest BCUT2D eigenvalue weighted by Gasteiger charge is 2.26. The molecule has 2 aromatic rings. The van der Waals surface area contributed by atoms with Crippen molar-refractivity contribution in [1.82, 2.24) is 4.90 Å². The van der Waals surface area contributed by atoms with Crippen LogP contribution in [0.25, 0.3) is 0 Å². The van der Waals surface area contributed by atoms with Gasteiger partial charge in [-0.15, -0.1) is 0 Å². The van der Waals surface area contributed by atoms with Crippen molar-refractivity contribution in [2.24, 2.45) is 0 Å². The fraction of sp³-hybridized carbons (Fsp3) is 0.409. The summed E-state index contributed by atoms with van der Waals surface area (Å²) in [6.07, 6.45) is 0. The maximum Gasteiger partial charge on any atom is 0.277 e. The van der Waals surface area contributed by atoms with Gasteiger partial charge in [-0.1, -0.05) is 35.9 Å². The number of benzene rings is 2. The van der Waals surface area contributed by atoms with Crippen molar-refractivity contribution in [1.29, 1.82) is 0 Å². The lowest BCUT2D eigenvalue weighted by Gasteiger charge is -2.30. The molecule has 0 atom stereocenters. The predicted octanol–water partition coefficient (Wildman–Crippen LogP) is 0.291. The van der Waals surface area contributed by atoms with Crippen molar-refractivity contribution in [3.05, 3.63) is 64.7 Å². The van der Waals surface area contributed by atoms with Gasteiger partial charge in [-0.05, 0) is 29.8 Å². The number of amides is 1. The van der Waals surface area contributed by atoms with E-state index >= 15 is 0 Å². The molecule has 2 N–H and O–H groups in total. The van der Waals surface area contributed by atoms with Gasteiger partial charge in [0.1, 0.15) is 38.5 Å². The molecule has 0 aliphatic carbocycles. The van der Waals surface area contributed by atoms with Gasteiger partial charge in [0.25, 0.3) is 5.91 Å². The van der Waals surface area contributed by atoms with Gasteiger partial charge in [0.05, 0.1) is 7.11 Å². The van der Waals surface area contributed by atoms with E-state index in [2.05, 4.69) is 6.07 Å². The molecular formula is C22H30ClN3O2+2. The Morgan fingerprint density at radius 1 is 1.04 bits per heavy atom. The van der Waals surface area contributed by atoms with E-state index in [4.69, 9.17) is 16.3 Å². The first kappa shape index (κ1) is 20.6. The number of halogens is 1. The lowest BCUT2D eigenvalue weighted by molar-refractivity contribution is -1.02. The van der Waals surface area contributed by atoms with Crippen molar-refractivity contribution in [3.8, 4) is 5.75 Å². The number of piperazine rings is 1. The van der Waals surface area contributed by atoms with Crippen LogP contribution in [0.15, 0.2) is 48.5 Å². The van der Waals surface area contributed by atoms with Gasteiger partial charge in [-0.3, -0.25) is 4.79 Å². The summed E-state index contributed by atoms with van der Waals surface area (Å²) in [5, 5.41) is 0.797. The summed E-state index contributed by atoms with van der Waals surface area (Å²) in [6.45, 7) is 6.37. The van der Waals surface area contributed by atoms with E-state index in [1.165, 1.54) is 10.5 Å². The van der Waals surface area contributed by atoms with Gasteiger partial charge < -0.3 is 19.4 Å². The molecule has 3 rings (SSSR count). The summed E-state index contributed by atoms with van der Waals surface area (Å²) in [5.41, 5.74) is 2.36. The van der Waals surface area contributed by atoms with Crippen LogP contribution in [0.2, 0.25) is 5.02 Å². The molecular weight excluding hydrogens is 374 g/mol. The second-order valence-corrected chi connectivity index (χ2v) is 8.02. The van der Waals surface area contributed by atoms with Crippen molar-refractivity contribution in [2.45, 2.75) is 13.1 Å². The lowest BCUT2D eigenvalue weighted by atomic mass is 10.2. The molecule has 6 heteroatoms. The largest absolute Gasteiger partial charge is 0.497 e. The SMILES string of the molecule is COc1cccc(CN(C)C(=O)C[NH+]2CC[NH+](Cc3cccc(Cl)c3)CC2)c1. The molecule has 2 aromatic carbocycles. The van der Waals surface area contributed by atoms with Crippen LogP contribution in [0, 0.1) is 0 Å². The van der Waals surface area contributed by atoms with Crippen LogP contribution < -0.4 is 14.5 Å². The van der Waals surface area contributed by atoms with Gasteiger partial charge in [-0.25, -0.2) is 0 Å². The van der Waals surface area contributed by atoms with Crippen molar-refractivity contribution < 1.29 is 19.3 Å². The maximum absolute atomic E-state index is 12.6. The highest BCUT2D eigenvalue weighted by molar-refractivity contribution is 6.30. The minimum absolute atomic E-state index is 0.191. The second-order valence-electron chi connectivity index (χ2n) is 7.58. The number of hydrogen-bond donors (Lipinski definition) is 2. The van der Waals surface area contributed by atoms with Gasteiger partial charge in [0.2, 0.25) is 0 Å². The Morgan fingerprint density at radius 2 is 1.71 bits per heavy atom. The molecule has 0 aromatic heterocycles. The van der Waals surface area contributed by atoms with Crippen LogP contribution >= 0.6 is 11.6 Å². The monoisotopic (exact) mass is 403 g/mol. The molecule has 1 saturated heterocycles. The van der Waals surface area contributed by atoms with E-state index in [1.54, 1.807) is 12.0 Å². The molecule has 1 aliphatic rings. The van der Waals surface area contributed by atoms with E-state index in [-0.39, 0.29) is 5.91 Å². The number of nitrogens with zero attached hydrogens (tertiary/aromatic N) is 1. The Balaban J connectivity index is 1.44. The smallest absolute Gasteiger partial charge is 0.277 e. The van der Waals surface area contributed by atoms with E-state index < -0.39 is 0 Å². The molecule has 28 heavy (non-hydrogen) atoms. The van der Waals surface area contributed by atoms with E-state index in [9.17, 15) is 4.79 Å². The first-order chi connectivity index (χ1) is 13.5. The van der Waals surface area contributed by atoms with Crippen LogP contribution in [0.5, 0.6) is 5.75 Å². The Hall–Kier alpha value is -2.08. The lowest BCUT2D eigenvalue weighted by Crippen LogP contribution is -3.28. The zero-order valence-corrected chi connectivity index (χ0v) is 17.5. The topological polar surface area (TPSA) is 38.4 Å². The van der Waals surface area contributed by atoms with Crippen LogP contribution in [0.4, 0.5) is 0 Å². The zero-order valence-electron chi connectivity index (χ0n) is 16.7. The number of ether oxygens (including phenoxy) is 1. The molecule has 0 spiro atoms. The number of hydrogen-bond acceptors (Lipinski definition) is 2. The van der Waals surface area contributed by atoms with Crippen molar-refractivity contribution >= 4 is 17.5 Å². The van der Waals surface area contributed by atoms with Gasteiger partial charge in [0.15, 0.2) is 6.54 Å². The average molecular weight is 404 g/mol. The summed E-state index contributed by atoms with van der Waals surface area (Å²) < 4.78 is 5.26. The Labute approximate surface area is 172 Å². The minimum Gasteiger partial charge on any atom is -0.497 e. The molecule has 0 radical (unpaired) electrons. The predicted molar refractivity (Wildman–Crippen MR) is 111 cm³/mol. The first-order valence-corrected chi connectivity index (χ1v) is 10.2. The molecule has 0 saturated carbocycles. The third-order valence-electron chi connectivity index (χ3n) is 5.39. The Morgan fingerprint density at radius 3 is 2.43 bits per heavy atom. The average Bonchev–Trinajstić information content (AvgIpc) is 2.69. The summed E-state index contributed by atoms with van der Waals surface area (Å²) in [7, 11) is 3.53. The summed E-state index contributed by atoms with van der Waals surface area (Å²) in [6, 6.07) is 16.0. The third kappa shape index (κ3) is 5.96. The molecule has 0 unspecified atom stereocenters. The summed E-state index contributed by atoms with van der Waals surface area (Å²) in [5.74, 6) is 1.01. The molecule has 1 amide bonds. The van der Waals surface area contributed by atoms with Gasteiger partial charge >= 0.3 is 0 Å². The van der Waals surface area contributed by atoms with Crippen LogP contribution in [-0.2, 0) is 17.9 Å². The molecule has 1 fully saturated rings. The molecule has 1 heterocycles.